The summed E-state index contributed by atoms with van der Waals surface area (Å²) < 4.78 is 5.76. The average molecular weight is 251 g/mol. The molecule has 1 aromatic rings. The van der Waals surface area contributed by atoms with Gasteiger partial charge in [0.2, 0.25) is 0 Å². The fraction of sp³-hybridized carbons (Fsp3) is 0.667. The molecule has 0 amide bonds. The van der Waals surface area contributed by atoms with Gasteiger partial charge in [-0.3, -0.25) is 4.90 Å². The van der Waals surface area contributed by atoms with Crippen molar-refractivity contribution in [1.82, 2.24) is 14.9 Å². The number of ether oxygens (including phenoxy) is 1. The monoisotopic (exact) mass is 251 g/mol. The molecule has 1 aliphatic heterocycles. The van der Waals surface area contributed by atoms with Gasteiger partial charge in [0.15, 0.2) is 5.82 Å². The zero-order valence-corrected chi connectivity index (χ0v) is 11.0. The lowest BCUT2D eigenvalue weighted by atomic mass is 10.2. The van der Waals surface area contributed by atoms with Crippen molar-refractivity contribution in [3.63, 3.8) is 0 Å². The van der Waals surface area contributed by atoms with E-state index in [9.17, 15) is 0 Å². The minimum Gasteiger partial charge on any atom is -0.368 e. The molecule has 2 heterocycles. The molecular formula is C12H21N5O. The lowest BCUT2D eigenvalue weighted by Gasteiger charge is -2.31. The van der Waals surface area contributed by atoms with Crippen LogP contribution in [-0.2, 0) is 11.2 Å². The summed E-state index contributed by atoms with van der Waals surface area (Å²) in [5, 5.41) is 0. The Morgan fingerprint density at radius 1 is 1.50 bits per heavy atom. The van der Waals surface area contributed by atoms with Gasteiger partial charge >= 0.3 is 0 Å². The Morgan fingerprint density at radius 3 is 3.00 bits per heavy atom. The highest BCUT2D eigenvalue weighted by atomic mass is 16.5. The van der Waals surface area contributed by atoms with Gasteiger partial charge in [0.25, 0.3) is 0 Å². The number of anilines is 1. The number of hydrazine groups is 1. The molecule has 1 aliphatic rings. The fourth-order valence-corrected chi connectivity index (χ4v) is 2.06. The third-order valence-corrected chi connectivity index (χ3v) is 3.19. The highest BCUT2D eigenvalue weighted by molar-refractivity contribution is 5.34. The molecular weight excluding hydrogens is 230 g/mol. The fourth-order valence-electron chi connectivity index (χ4n) is 2.06. The lowest BCUT2D eigenvalue weighted by Crippen LogP contribution is -2.38. The van der Waals surface area contributed by atoms with Gasteiger partial charge in [-0.05, 0) is 13.0 Å². The predicted molar refractivity (Wildman–Crippen MR) is 70.0 cm³/mol. The van der Waals surface area contributed by atoms with Crippen molar-refractivity contribution in [3.05, 3.63) is 17.6 Å². The first-order chi connectivity index (χ1) is 8.76. The maximum absolute atomic E-state index is 5.76. The number of nitrogen functional groups attached to an aromatic ring is 1. The van der Waals surface area contributed by atoms with Crippen molar-refractivity contribution in [2.75, 3.05) is 31.7 Å². The molecule has 2 rings (SSSR count). The van der Waals surface area contributed by atoms with Crippen molar-refractivity contribution < 1.29 is 4.74 Å². The summed E-state index contributed by atoms with van der Waals surface area (Å²) in [4.78, 5) is 11.3. The second-order valence-electron chi connectivity index (χ2n) is 4.35. The standard InChI is InChI=1S/C12H21N5O/c1-3-9-7-11(16-13)15-12(14-9)10-8-17(4-2)5-6-18-10/h7,10H,3-6,8,13H2,1-2H3,(H,14,15,16). The van der Waals surface area contributed by atoms with E-state index in [-0.39, 0.29) is 6.10 Å². The predicted octanol–water partition coefficient (Wildman–Crippen LogP) is 0.718. The highest BCUT2D eigenvalue weighted by Crippen LogP contribution is 2.20. The minimum atomic E-state index is -0.0581. The largest absolute Gasteiger partial charge is 0.368 e. The molecule has 1 unspecified atom stereocenters. The Bertz CT molecular complexity index is 376. The second-order valence-corrected chi connectivity index (χ2v) is 4.35. The van der Waals surface area contributed by atoms with Gasteiger partial charge in [0.05, 0.1) is 6.61 Å². The van der Waals surface area contributed by atoms with Crippen molar-refractivity contribution in [1.29, 1.82) is 0 Å². The van der Waals surface area contributed by atoms with Crippen LogP contribution in [0.2, 0.25) is 0 Å². The zero-order chi connectivity index (χ0) is 13.0. The average Bonchev–Trinajstić information content (AvgIpc) is 2.46. The summed E-state index contributed by atoms with van der Waals surface area (Å²) in [7, 11) is 0. The van der Waals surface area contributed by atoms with Crippen LogP contribution >= 0.6 is 0 Å². The van der Waals surface area contributed by atoms with Crippen molar-refractivity contribution in [2.24, 2.45) is 5.84 Å². The van der Waals surface area contributed by atoms with Gasteiger partial charge in [-0.25, -0.2) is 15.8 Å². The van der Waals surface area contributed by atoms with Crippen LogP contribution < -0.4 is 11.3 Å². The summed E-state index contributed by atoms with van der Waals surface area (Å²) >= 11 is 0. The molecule has 0 bridgehead atoms. The number of nitrogens with one attached hydrogen (secondary N) is 1. The molecule has 0 aromatic carbocycles. The molecule has 6 heteroatoms. The van der Waals surface area contributed by atoms with Crippen LogP contribution in [0.4, 0.5) is 5.82 Å². The molecule has 1 saturated heterocycles. The third kappa shape index (κ3) is 2.95. The molecule has 1 fully saturated rings. The number of nitrogens with two attached hydrogens (primary N) is 1. The van der Waals surface area contributed by atoms with Crippen LogP contribution in [0.1, 0.15) is 31.5 Å². The van der Waals surface area contributed by atoms with E-state index < -0.39 is 0 Å². The third-order valence-electron chi connectivity index (χ3n) is 3.19. The van der Waals surface area contributed by atoms with Crippen molar-refractivity contribution >= 4 is 5.82 Å². The van der Waals surface area contributed by atoms with Crippen LogP contribution in [0.5, 0.6) is 0 Å². The molecule has 18 heavy (non-hydrogen) atoms. The van der Waals surface area contributed by atoms with Gasteiger partial charge in [0, 0.05) is 24.8 Å². The van der Waals surface area contributed by atoms with Crippen LogP contribution in [0.25, 0.3) is 0 Å². The van der Waals surface area contributed by atoms with E-state index >= 15 is 0 Å². The second kappa shape index (κ2) is 6.08. The van der Waals surface area contributed by atoms with Crippen molar-refractivity contribution in [2.45, 2.75) is 26.4 Å². The number of hydrogen-bond acceptors (Lipinski definition) is 6. The van der Waals surface area contributed by atoms with Crippen LogP contribution in [-0.4, -0.2) is 41.1 Å². The lowest BCUT2D eigenvalue weighted by molar-refractivity contribution is -0.0326. The Kier molecular flexibility index (Phi) is 4.46. The van der Waals surface area contributed by atoms with E-state index in [1.165, 1.54) is 0 Å². The first kappa shape index (κ1) is 13.2. The Hall–Kier alpha value is -1.24. The normalized spacial score (nSPS) is 20.9. The topological polar surface area (TPSA) is 76.3 Å². The first-order valence-corrected chi connectivity index (χ1v) is 6.45. The van der Waals surface area contributed by atoms with Crippen molar-refractivity contribution in [3.8, 4) is 0 Å². The molecule has 0 saturated carbocycles. The number of aryl methyl sites for hydroxylation is 1. The first-order valence-electron chi connectivity index (χ1n) is 6.45. The quantitative estimate of drug-likeness (QED) is 0.606. The summed E-state index contributed by atoms with van der Waals surface area (Å²) in [5.74, 6) is 6.80. The molecule has 6 nitrogen and oxygen atoms in total. The molecule has 1 atom stereocenters. The summed E-state index contributed by atoms with van der Waals surface area (Å²) in [6.07, 6.45) is 0.798. The number of nitrogens with zero attached hydrogens (tertiary/aromatic N) is 3. The number of morpholine rings is 1. The molecule has 0 spiro atoms. The van der Waals surface area contributed by atoms with Gasteiger partial charge in [0.1, 0.15) is 11.9 Å². The Labute approximate surface area is 108 Å². The smallest absolute Gasteiger partial charge is 0.161 e. The molecule has 3 N–H and O–H groups in total. The minimum absolute atomic E-state index is 0.0581. The molecule has 100 valence electrons. The number of hydrogen-bond donors (Lipinski definition) is 2. The van der Waals surface area contributed by atoms with Crippen LogP contribution in [0.3, 0.4) is 0 Å². The van der Waals surface area contributed by atoms with Gasteiger partial charge in [-0.1, -0.05) is 13.8 Å². The number of aromatic nitrogens is 2. The SMILES string of the molecule is CCc1cc(NN)nc(C2CN(CC)CCO2)n1. The van der Waals surface area contributed by atoms with Gasteiger partial charge < -0.3 is 10.2 Å². The summed E-state index contributed by atoms with van der Waals surface area (Å²) in [5.41, 5.74) is 3.56. The molecule has 1 aromatic heterocycles. The molecule has 0 aliphatic carbocycles. The Balaban J connectivity index is 2.20. The number of likely N-dealkylation sites (N-methyl/N-ethyl adjacent to an activating group) is 1. The van der Waals surface area contributed by atoms with E-state index in [0.29, 0.717) is 5.82 Å². The number of rotatable bonds is 4. The van der Waals surface area contributed by atoms with E-state index in [1.54, 1.807) is 0 Å². The van der Waals surface area contributed by atoms with Crippen LogP contribution in [0.15, 0.2) is 6.07 Å². The van der Waals surface area contributed by atoms with Gasteiger partial charge in [-0.2, -0.15) is 0 Å². The van der Waals surface area contributed by atoms with Crippen LogP contribution in [0, 0.1) is 0 Å². The van der Waals surface area contributed by atoms with Gasteiger partial charge in [-0.15, -0.1) is 0 Å². The zero-order valence-electron chi connectivity index (χ0n) is 11.0. The van der Waals surface area contributed by atoms with E-state index in [1.807, 2.05) is 6.07 Å². The maximum Gasteiger partial charge on any atom is 0.161 e. The molecule has 0 radical (unpaired) electrons. The van der Waals surface area contributed by atoms with E-state index in [4.69, 9.17) is 10.6 Å². The summed E-state index contributed by atoms with van der Waals surface area (Å²) in [6, 6.07) is 1.86. The van der Waals surface area contributed by atoms with E-state index in [0.717, 1.165) is 44.2 Å². The summed E-state index contributed by atoms with van der Waals surface area (Å²) in [6.45, 7) is 7.78. The highest BCUT2D eigenvalue weighted by Gasteiger charge is 2.23. The van der Waals surface area contributed by atoms with E-state index in [2.05, 4.69) is 34.1 Å². The Morgan fingerprint density at radius 2 is 2.33 bits per heavy atom. The maximum atomic E-state index is 5.76.